The molecule has 2 aromatic carbocycles. The first kappa shape index (κ1) is 18.9. The van der Waals surface area contributed by atoms with Crippen molar-refractivity contribution in [1.29, 1.82) is 0 Å². The predicted octanol–water partition coefficient (Wildman–Crippen LogP) is 5.52. The van der Waals surface area contributed by atoms with E-state index in [-0.39, 0.29) is 11.7 Å². The summed E-state index contributed by atoms with van der Waals surface area (Å²) in [7, 11) is 0. The van der Waals surface area contributed by atoms with Crippen molar-refractivity contribution in [2.24, 2.45) is 0 Å². The van der Waals surface area contributed by atoms with Crippen molar-refractivity contribution in [3.8, 4) is 17.0 Å². The zero-order valence-electron chi connectivity index (χ0n) is 15.2. The topological polar surface area (TPSA) is 64.1 Å². The Morgan fingerprint density at radius 3 is 2.69 bits per heavy atom. The zero-order valence-corrected chi connectivity index (χ0v) is 16.0. The molecule has 0 saturated carbocycles. The standard InChI is InChI=1S/C21H15F2N3O2S/c1-12-15(10-13-6-2-4-8-16(13)24-12)19(27)26-21-25-17(11-29-21)14-7-3-5-9-18(14)28-20(22)23/h2-11,20H,1H3,(H,25,26,27). The molecule has 146 valence electrons. The van der Waals surface area contributed by atoms with Gasteiger partial charge in [-0.25, -0.2) is 4.98 Å². The molecule has 1 amide bonds. The Bertz CT molecular complexity index is 1190. The van der Waals surface area contributed by atoms with Crippen LogP contribution >= 0.6 is 11.3 Å². The van der Waals surface area contributed by atoms with Gasteiger partial charge in [0, 0.05) is 16.3 Å². The zero-order chi connectivity index (χ0) is 20.4. The minimum atomic E-state index is -2.93. The smallest absolute Gasteiger partial charge is 0.387 e. The van der Waals surface area contributed by atoms with Gasteiger partial charge in [0.05, 0.1) is 22.5 Å². The Balaban J connectivity index is 1.59. The fourth-order valence-corrected chi connectivity index (χ4v) is 3.64. The molecular formula is C21H15F2N3O2S. The van der Waals surface area contributed by atoms with Crippen LogP contribution in [-0.4, -0.2) is 22.5 Å². The molecule has 0 spiro atoms. The fraction of sp³-hybridized carbons (Fsp3) is 0.0952. The van der Waals surface area contributed by atoms with E-state index in [2.05, 4.69) is 20.0 Å². The number of amides is 1. The second kappa shape index (κ2) is 7.92. The van der Waals surface area contributed by atoms with Crippen molar-refractivity contribution in [2.45, 2.75) is 13.5 Å². The number of halogens is 2. The minimum absolute atomic E-state index is 0.0280. The maximum atomic E-state index is 12.7. The molecule has 0 bridgehead atoms. The number of alkyl halides is 2. The second-order valence-corrected chi connectivity index (χ2v) is 7.04. The van der Waals surface area contributed by atoms with E-state index in [0.29, 0.717) is 27.6 Å². The van der Waals surface area contributed by atoms with Crippen LogP contribution in [0.15, 0.2) is 60.0 Å². The predicted molar refractivity (Wildman–Crippen MR) is 109 cm³/mol. The molecule has 2 heterocycles. The van der Waals surface area contributed by atoms with Crippen LogP contribution in [0.1, 0.15) is 16.1 Å². The summed E-state index contributed by atoms with van der Waals surface area (Å²) in [4.78, 5) is 21.5. The van der Waals surface area contributed by atoms with Gasteiger partial charge in [0.15, 0.2) is 5.13 Å². The number of rotatable bonds is 5. The van der Waals surface area contributed by atoms with Crippen LogP contribution < -0.4 is 10.1 Å². The average Bonchev–Trinajstić information content (AvgIpc) is 3.15. The van der Waals surface area contributed by atoms with Gasteiger partial charge in [0.25, 0.3) is 5.91 Å². The summed E-state index contributed by atoms with van der Waals surface area (Å²) in [5.41, 5.74) is 2.73. The van der Waals surface area contributed by atoms with Crippen molar-refractivity contribution in [3.63, 3.8) is 0 Å². The lowest BCUT2D eigenvalue weighted by atomic mass is 10.1. The van der Waals surface area contributed by atoms with Crippen LogP contribution in [0.3, 0.4) is 0 Å². The molecule has 4 rings (SSSR count). The number of anilines is 1. The van der Waals surface area contributed by atoms with Crippen LogP contribution in [-0.2, 0) is 0 Å². The number of benzene rings is 2. The van der Waals surface area contributed by atoms with Gasteiger partial charge in [-0.2, -0.15) is 8.78 Å². The van der Waals surface area contributed by atoms with Crippen molar-refractivity contribution in [3.05, 3.63) is 71.2 Å². The van der Waals surface area contributed by atoms with Crippen LogP contribution in [0, 0.1) is 6.92 Å². The van der Waals surface area contributed by atoms with Crippen LogP contribution in [0.25, 0.3) is 22.2 Å². The number of aromatic nitrogens is 2. The van der Waals surface area contributed by atoms with E-state index in [1.54, 1.807) is 36.6 Å². The summed E-state index contributed by atoms with van der Waals surface area (Å²) >= 11 is 1.20. The number of thiazole rings is 1. The summed E-state index contributed by atoms with van der Waals surface area (Å²) in [6.45, 7) is -1.16. The third-order valence-electron chi connectivity index (χ3n) is 4.26. The number of para-hydroxylation sites is 2. The molecule has 4 aromatic rings. The van der Waals surface area contributed by atoms with Crippen molar-refractivity contribution >= 4 is 33.3 Å². The van der Waals surface area contributed by atoms with Crippen molar-refractivity contribution in [2.75, 3.05) is 5.32 Å². The van der Waals surface area contributed by atoms with Gasteiger partial charge in [-0.3, -0.25) is 15.1 Å². The summed E-state index contributed by atoms with van der Waals surface area (Å²) in [5.74, 6) is -0.306. The SMILES string of the molecule is Cc1nc2ccccc2cc1C(=O)Nc1nc(-c2ccccc2OC(F)F)cs1. The summed E-state index contributed by atoms with van der Waals surface area (Å²) in [6.07, 6.45) is 0. The lowest BCUT2D eigenvalue weighted by Gasteiger charge is -2.08. The van der Waals surface area contributed by atoms with Crippen molar-refractivity contribution < 1.29 is 18.3 Å². The highest BCUT2D eigenvalue weighted by atomic mass is 32.1. The molecule has 5 nitrogen and oxygen atoms in total. The van der Waals surface area contributed by atoms with Gasteiger partial charge in [-0.1, -0.05) is 30.3 Å². The molecule has 0 aliphatic heterocycles. The summed E-state index contributed by atoms with van der Waals surface area (Å²) < 4.78 is 29.8. The minimum Gasteiger partial charge on any atom is -0.434 e. The first-order valence-corrected chi connectivity index (χ1v) is 9.57. The quantitative estimate of drug-likeness (QED) is 0.470. The highest BCUT2D eigenvalue weighted by Crippen LogP contribution is 2.33. The van der Waals surface area contributed by atoms with E-state index in [9.17, 15) is 13.6 Å². The van der Waals surface area contributed by atoms with Gasteiger partial charge in [0.2, 0.25) is 0 Å². The average molecular weight is 411 g/mol. The molecule has 29 heavy (non-hydrogen) atoms. The first-order chi connectivity index (χ1) is 14.0. The molecule has 8 heteroatoms. The number of hydrogen-bond acceptors (Lipinski definition) is 5. The highest BCUT2D eigenvalue weighted by molar-refractivity contribution is 7.14. The van der Waals surface area contributed by atoms with Crippen molar-refractivity contribution in [1.82, 2.24) is 9.97 Å². The Hall–Kier alpha value is -3.39. The first-order valence-electron chi connectivity index (χ1n) is 8.69. The lowest BCUT2D eigenvalue weighted by molar-refractivity contribution is -0.0494. The maximum absolute atomic E-state index is 12.7. The molecule has 0 radical (unpaired) electrons. The van der Waals surface area contributed by atoms with Gasteiger partial charge in [0.1, 0.15) is 5.75 Å². The normalized spacial score (nSPS) is 11.0. The fourth-order valence-electron chi connectivity index (χ4n) is 2.94. The van der Waals surface area contributed by atoms with Crippen LogP contribution in [0.5, 0.6) is 5.75 Å². The molecule has 0 unspecified atom stereocenters. The number of nitrogens with one attached hydrogen (secondary N) is 1. The van der Waals surface area contributed by atoms with Crippen LogP contribution in [0.2, 0.25) is 0 Å². The number of fused-ring (bicyclic) bond motifs is 1. The van der Waals surface area contributed by atoms with E-state index < -0.39 is 6.61 Å². The molecule has 0 atom stereocenters. The van der Waals surface area contributed by atoms with Gasteiger partial charge in [-0.05, 0) is 31.2 Å². The summed E-state index contributed by atoms with van der Waals surface area (Å²) in [6, 6.07) is 15.7. The molecule has 0 aliphatic rings. The molecule has 2 aromatic heterocycles. The molecule has 1 N–H and O–H groups in total. The second-order valence-electron chi connectivity index (χ2n) is 6.18. The number of aryl methyl sites for hydroxylation is 1. The number of nitrogens with zero attached hydrogens (tertiary/aromatic N) is 2. The molecule has 0 aliphatic carbocycles. The van der Waals surface area contributed by atoms with E-state index in [4.69, 9.17) is 0 Å². The third kappa shape index (κ3) is 4.07. The highest BCUT2D eigenvalue weighted by Gasteiger charge is 2.16. The van der Waals surface area contributed by atoms with Gasteiger partial charge in [-0.15, -0.1) is 11.3 Å². The molecule has 0 fully saturated rings. The third-order valence-corrected chi connectivity index (χ3v) is 5.02. The number of carbonyl (C=O) groups excluding carboxylic acids is 1. The number of hydrogen-bond donors (Lipinski definition) is 1. The Morgan fingerprint density at radius 2 is 1.86 bits per heavy atom. The lowest BCUT2D eigenvalue weighted by Crippen LogP contribution is -2.14. The number of ether oxygens (including phenoxy) is 1. The molecule has 0 saturated heterocycles. The molecular weight excluding hydrogens is 396 g/mol. The van der Waals surface area contributed by atoms with Gasteiger partial charge >= 0.3 is 6.61 Å². The Morgan fingerprint density at radius 1 is 1.10 bits per heavy atom. The number of carbonyl (C=O) groups is 1. The van der Waals surface area contributed by atoms with Gasteiger partial charge < -0.3 is 4.74 Å². The number of pyridine rings is 1. The van der Waals surface area contributed by atoms with E-state index in [1.807, 2.05) is 24.3 Å². The Labute approximate surface area is 169 Å². The summed E-state index contributed by atoms with van der Waals surface area (Å²) in [5, 5.41) is 5.64. The van der Waals surface area contributed by atoms with E-state index in [0.717, 1.165) is 10.9 Å². The van der Waals surface area contributed by atoms with Crippen LogP contribution in [0.4, 0.5) is 13.9 Å². The monoisotopic (exact) mass is 411 g/mol. The maximum Gasteiger partial charge on any atom is 0.387 e. The van der Waals surface area contributed by atoms with E-state index >= 15 is 0 Å². The Kier molecular flexibility index (Phi) is 5.18. The largest absolute Gasteiger partial charge is 0.434 e. The van der Waals surface area contributed by atoms with E-state index in [1.165, 1.54) is 17.4 Å².